The van der Waals surface area contributed by atoms with Gasteiger partial charge >= 0.3 is 0 Å². The summed E-state index contributed by atoms with van der Waals surface area (Å²) in [6.45, 7) is 0.945. The maximum Gasteiger partial charge on any atom is 0.245 e. The van der Waals surface area contributed by atoms with Crippen LogP contribution in [0.15, 0.2) is 11.4 Å². The molecule has 122 valence electrons. The number of likely N-dealkylation sites (N-methyl/N-ethyl adjacent to an activating group) is 1. The largest absolute Gasteiger partial charge is 0.339 e. The molecule has 0 aliphatic carbocycles. The van der Waals surface area contributed by atoms with Crippen molar-refractivity contribution in [3.05, 3.63) is 21.9 Å². The van der Waals surface area contributed by atoms with E-state index in [4.69, 9.17) is 0 Å². The molecule has 0 saturated carbocycles. The van der Waals surface area contributed by atoms with Crippen molar-refractivity contribution in [2.75, 3.05) is 25.9 Å². The molecule has 1 amide bonds. The van der Waals surface area contributed by atoms with E-state index in [1.165, 1.54) is 5.56 Å². The van der Waals surface area contributed by atoms with Gasteiger partial charge in [-0.05, 0) is 43.3 Å². The van der Waals surface area contributed by atoms with Crippen LogP contribution in [0.25, 0.3) is 0 Å². The molecule has 2 aliphatic heterocycles. The molecule has 1 aromatic heterocycles. The van der Waals surface area contributed by atoms with Crippen molar-refractivity contribution >= 4 is 27.1 Å². The first-order valence-corrected chi connectivity index (χ1v) is 10.4. The van der Waals surface area contributed by atoms with E-state index in [1.54, 1.807) is 23.3 Å². The SMILES string of the molecule is CNC1C(=O)N(CC2CCCCS2(=O)=O)CCc2ccsc21. The van der Waals surface area contributed by atoms with Gasteiger partial charge in [-0.15, -0.1) is 11.3 Å². The minimum Gasteiger partial charge on any atom is -0.339 e. The summed E-state index contributed by atoms with van der Waals surface area (Å²) in [5, 5.41) is 4.72. The van der Waals surface area contributed by atoms with Gasteiger partial charge in [0.05, 0.1) is 11.0 Å². The predicted molar refractivity (Wildman–Crippen MR) is 87.8 cm³/mol. The van der Waals surface area contributed by atoms with Gasteiger partial charge in [0.1, 0.15) is 6.04 Å². The lowest BCUT2D eigenvalue weighted by Crippen LogP contribution is -2.46. The molecule has 2 atom stereocenters. The van der Waals surface area contributed by atoms with E-state index in [0.29, 0.717) is 19.5 Å². The van der Waals surface area contributed by atoms with Crippen LogP contribution in [0.1, 0.15) is 35.7 Å². The third-order valence-corrected chi connectivity index (χ3v) is 7.96. The topological polar surface area (TPSA) is 66.5 Å². The number of carbonyl (C=O) groups excluding carboxylic acids is 1. The van der Waals surface area contributed by atoms with Crippen LogP contribution >= 0.6 is 11.3 Å². The molecule has 0 bridgehead atoms. The second kappa shape index (κ2) is 6.29. The zero-order valence-electron chi connectivity index (χ0n) is 12.7. The Hall–Kier alpha value is -0.920. The van der Waals surface area contributed by atoms with Crippen LogP contribution in [0.2, 0.25) is 0 Å². The first-order chi connectivity index (χ1) is 10.5. The molecule has 2 aliphatic rings. The molecular weight excluding hydrogens is 320 g/mol. The number of rotatable bonds is 3. The summed E-state index contributed by atoms with van der Waals surface area (Å²) < 4.78 is 24.4. The van der Waals surface area contributed by atoms with Crippen molar-refractivity contribution in [3.8, 4) is 0 Å². The smallest absolute Gasteiger partial charge is 0.245 e. The molecule has 0 radical (unpaired) electrons. The van der Waals surface area contributed by atoms with Crippen molar-refractivity contribution in [1.82, 2.24) is 10.2 Å². The lowest BCUT2D eigenvalue weighted by Gasteiger charge is -2.30. The Balaban J connectivity index is 1.80. The van der Waals surface area contributed by atoms with E-state index in [2.05, 4.69) is 11.4 Å². The Morgan fingerprint density at radius 3 is 2.95 bits per heavy atom. The van der Waals surface area contributed by atoms with Crippen LogP contribution in [0.4, 0.5) is 0 Å². The van der Waals surface area contributed by atoms with Crippen molar-refractivity contribution < 1.29 is 13.2 Å². The van der Waals surface area contributed by atoms with Crippen LogP contribution in [0, 0.1) is 0 Å². The average Bonchev–Trinajstić information content (AvgIpc) is 2.89. The molecule has 1 N–H and O–H groups in total. The summed E-state index contributed by atoms with van der Waals surface area (Å²) in [4.78, 5) is 15.6. The van der Waals surface area contributed by atoms with Gasteiger partial charge < -0.3 is 10.2 Å². The highest BCUT2D eigenvalue weighted by Gasteiger charge is 2.36. The Labute approximate surface area is 135 Å². The number of nitrogens with zero attached hydrogens (tertiary/aromatic N) is 1. The van der Waals surface area contributed by atoms with E-state index < -0.39 is 9.84 Å². The monoisotopic (exact) mass is 342 g/mol. The van der Waals surface area contributed by atoms with Crippen LogP contribution in [-0.4, -0.2) is 50.4 Å². The van der Waals surface area contributed by atoms with Crippen LogP contribution in [-0.2, 0) is 21.1 Å². The second-order valence-corrected chi connectivity index (χ2v) is 9.40. The summed E-state index contributed by atoms with van der Waals surface area (Å²) in [5.41, 5.74) is 1.20. The first-order valence-electron chi connectivity index (χ1n) is 7.77. The highest BCUT2D eigenvalue weighted by atomic mass is 32.2. The van der Waals surface area contributed by atoms with Gasteiger partial charge in [0.15, 0.2) is 9.84 Å². The Morgan fingerprint density at radius 2 is 2.23 bits per heavy atom. The fraction of sp³-hybridized carbons (Fsp3) is 0.667. The first kappa shape index (κ1) is 16.0. The van der Waals surface area contributed by atoms with Crippen molar-refractivity contribution in [2.45, 2.75) is 37.0 Å². The quantitative estimate of drug-likeness (QED) is 0.901. The normalized spacial score (nSPS) is 28.2. The summed E-state index contributed by atoms with van der Waals surface area (Å²) in [6.07, 6.45) is 3.17. The van der Waals surface area contributed by atoms with Crippen LogP contribution in [0.5, 0.6) is 0 Å². The average molecular weight is 342 g/mol. The fourth-order valence-electron chi connectivity index (χ4n) is 3.38. The Bertz CT molecular complexity index is 653. The zero-order chi connectivity index (χ0) is 15.7. The highest BCUT2D eigenvalue weighted by Crippen LogP contribution is 2.30. The second-order valence-electron chi connectivity index (χ2n) is 6.05. The highest BCUT2D eigenvalue weighted by molar-refractivity contribution is 7.92. The number of nitrogens with one attached hydrogen (secondary N) is 1. The summed E-state index contributed by atoms with van der Waals surface area (Å²) >= 11 is 1.59. The molecule has 0 spiro atoms. The standard InChI is InChI=1S/C15H22N2O3S2/c1-16-13-14-11(6-8-21-14)5-7-17(15(13)18)10-12-4-2-3-9-22(12,19)20/h6,8,12-13,16H,2-5,7,9-10H2,1H3. The number of sulfone groups is 1. The number of hydrogen-bond acceptors (Lipinski definition) is 5. The van der Waals surface area contributed by atoms with Gasteiger partial charge in [-0.2, -0.15) is 0 Å². The van der Waals surface area contributed by atoms with Gasteiger partial charge in [0.25, 0.3) is 0 Å². The van der Waals surface area contributed by atoms with Gasteiger partial charge in [-0.1, -0.05) is 6.42 Å². The molecule has 3 rings (SSSR count). The van der Waals surface area contributed by atoms with E-state index in [-0.39, 0.29) is 23.0 Å². The number of thiophene rings is 1. The summed E-state index contributed by atoms with van der Waals surface area (Å²) in [6, 6.07) is 1.72. The summed E-state index contributed by atoms with van der Waals surface area (Å²) in [7, 11) is -1.26. The minimum absolute atomic E-state index is 0.00414. The molecular formula is C15H22N2O3S2. The lowest BCUT2D eigenvalue weighted by molar-refractivity contribution is -0.133. The molecule has 7 heteroatoms. The molecule has 2 unspecified atom stereocenters. The maximum absolute atomic E-state index is 12.8. The maximum atomic E-state index is 12.8. The summed E-state index contributed by atoms with van der Waals surface area (Å²) in [5.74, 6) is 0.271. The minimum atomic E-state index is -3.05. The Kier molecular flexibility index (Phi) is 4.56. The number of fused-ring (bicyclic) bond motifs is 1. The van der Waals surface area contributed by atoms with Crippen molar-refractivity contribution in [2.24, 2.45) is 0 Å². The van der Waals surface area contributed by atoms with E-state index in [9.17, 15) is 13.2 Å². The van der Waals surface area contributed by atoms with Crippen LogP contribution < -0.4 is 5.32 Å². The van der Waals surface area contributed by atoms with E-state index in [0.717, 1.165) is 24.1 Å². The Morgan fingerprint density at radius 1 is 1.41 bits per heavy atom. The molecule has 1 saturated heterocycles. The van der Waals surface area contributed by atoms with Gasteiger partial charge in [-0.25, -0.2) is 8.42 Å². The number of amides is 1. The van der Waals surface area contributed by atoms with Crippen LogP contribution in [0.3, 0.4) is 0 Å². The van der Waals surface area contributed by atoms with Crippen molar-refractivity contribution in [3.63, 3.8) is 0 Å². The third kappa shape index (κ3) is 2.94. The third-order valence-electron chi connectivity index (χ3n) is 4.68. The molecule has 5 nitrogen and oxygen atoms in total. The molecule has 1 fully saturated rings. The van der Waals surface area contributed by atoms with Gasteiger partial charge in [-0.3, -0.25) is 4.79 Å². The van der Waals surface area contributed by atoms with Gasteiger partial charge in [0.2, 0.25) is 5.91 Å². The zero-order valence-corrected chi connectivity index (χ0v) is 14.4. The number of hydrogen-bond donors (Lipinski definition) is 1. The van der Waals surface area contributed by atoms with E-state index >= 15 is 0 Å². The number of carbonyl (C=O) groups is 1. The van der Waals surface area contributed by atoms with E-state index in [1.807, 2.05) is 5.38 Å². The van der Waals surface area contributed by atoms with Crippen molar-refractivity contribution in [1.29, 1.82) is 0 Å². The molecule has 3 heterocycles. The molecule has 0 aromatic carbocycles. The molecule has 22 heavy (non-hydrogen) atoms. The lowest BCUT2D eigenvalue weighted by atomic mass is 10.1. The molecule has 1 aromatic rings. The van der Waals surface area contributed by atoms with Gasteiger partial charge in [0, 0.05) is 18.0 Å². The fourth-order valence-corrected chi connectivity index (χ4v) is 6.30. The predicted octanol–water partition coefficient (Wildman–Crippen LogP) is 1.36.